The van der Waals surface area contributed by atoms with Crippen LogP contribution in [-0.4, -0.2) is 9.67 Å². The van der Waals surface area contributed by atoms with Crippen molar-refractivity contribution in [3.05, 3.63) is 58.5 Å². The van der Waals surface area contributed by atoms with E-state index in [1.54, 1.807) is 4.57 Å². The number of hydrogen-bond donors (Lipinski definition) is 1. The molecule has 3 nitrogen and oxygen atoms in total. The zero-order chi connectivity index (χ0) is 17.0. The normalized spacial score (nSPS) is 9.18. The Morgan fingerprint density at radius 2 is 1.59 bits per heavy atom. The van der Waals surface area contributed by atoms with Crippen LogP contribution >= 0.6 is 0 Å². The Morgan fingerprint density at radius 3 is 2.09 bits per heavy atom. The van der Waals surface area contributed by atoms with Gasteiger partial charge in [-0.25, -0.2) is 0 Å². The van der Waals surface area contributed by atoms with E-state index in [1.807, 2.05) is 70.3 Å². The maximum Gasteiger partial charge on any atom is 0.258 e. The third kappa shape index (κ3) is 5.49. The van der Waals surface area contributed by atoms with Crippen molar-refractivity contribution in [3.63, 3.8) is 0 Å². The lowest BCUT2D eigenvalue weighted by Gasteiger charge is -2.07. The SMILES string of the molecule is CC.CC.CCCn1cccc(-c2ccc(CO)cc2)c1=O. The van der Waals surface area contributed by atoms with Gasteiger partial charge in [-0.05, 0) is 29.7 Å². The van der Waals surface area contributed by atoms with Crippen molar-refractivity contribution in [2.75, 3.05) is 0 Å². The number of aryl methyl sites for hydroxylation is 1. The van der Waals surface area contributed by atoms with Gasteiger partial charge in [0.25, 0.3) is 5.56 Å². The highest BCUT2D eigenvalue weighted by molar-refractivity contribution is 5.62. The van der Waals surface area contributed by atoms with Crippen molar-refractivity contribution in [1.29, 1.82) is 0 Å². The number of aliphatic hydroxyl groups excluding tert-OH is 1. The molecule has 0 atom stereocenters. The molecule has 0 aliphatic heterocycles. The fraction of sp³-hybridized carbons (Fsp3) is 0.421. The molecule has 2 rings (SSSR count). The largest absolute Gasteiger partial charge is 0.392 e. The predicted molar refractivity (Wildman–Crippen MR) is 95.0 cm³/mol. The number of aliphatic hydroxyl groups is 1. The topological polar surface area (TPSA) is 42.2 Å². The second kappa shape index (κ2) is 11.8. The van der Waals surface area contributed by atoms with Crippen LogP contribution in [-0.2, 0) is 13.2 Å². The minimum Gasteiger partial charge on any atom is -0.392 e. The van der Waals surface area contributed by atoms with Gasteiger partial charge in [-0.15, -0.1) is 0 Å². The Morgan fingerprint density at radius 1 is 1.00 bits per heavy atom. The summed E-state index contributed by atoms with van der Waals surface area (Å²) < 4.78 is 1.73. The van der Waals surface area contributed by atoms with Crippen LogP contribution in [0.25, 0.3) is 11.1 Å². The molecule has 0 aliphatic rings. The van der Waals surface area contributed by atoms with Gasteiger partial charge in [-0.3, -0.25) is 4.79 Å². The van der Waals surface area contributed by atoms with Gasteiger partial charge < -0.3 is 9.67 Å². The maximum atomic E-state index is 12.2. The standard InChI is InChI=1S/C15H17NO2.2C2H6/c1-2-9-16-10-3-4-14(15(16)18)13-7-5-12(11-17)6-8-13;2*1-2/h3-8,10,17H,2,9,11H2,1H3;2*1-2H3. The number of pyridine rings is 1. The molecule has 1 aromatic heterocycles. The lowest BCUT2D eigenvalue weighted by atomic mass is 10.1. The van der Waals surface area contributed by atoms with Gasteiger partial charge in [-0.2, -0.15) is 0 Å². The number of rotatable bonds is 4. The maximum absolute atomic E-state index is 12.2. The molecule has 0 amide bonds. The average molecular weight is 303 g/mol. The minimum atomic E-state index is 0.0230. The van der Waals surface area contributed by atoms with Crippen LogP contribution in [0.3, 0.4) is 0 Å². The highest BCUT2D eigenvalue weighted by atomic mass is 16.3. The first-order valence-corrected chi connectivity index (χ1v) is 8.16. The predicted octanol–water partition coefficient (Wildman–Crippen LogP) is 4.47. The van der Waals surface area contributed by atoms with Gasteiger partial charge >= 0.3 is 0 Å². The molecule has 1 heterocycles. The van der Waals surface area contributed by atoms with E-state index in [2.05, 4.69) is 6.92 Å². The summed E-state index contributed by atoms with van der Waals surface area (Å²) in [6.07, 6.45) is 2.75. The van der Waals surface area contributed by atoms with Gasteiger partial charge in [0.15, 0.2) is 0 Å². The zero-order valence-electron chi connectivity index (χ0n) is 14.5. The summed E-state index contributed by atoms with van der Waals surface area (Å²) in [4.78, 5) is 12.2. The molecule has 0 fully saturated rings. The Kier molecular flexibility index (Phi) is 10.8. The Labute approximate surface area is 134 Å². The van der Waals surface area contributed by atoms with E-state index in [9.17, 15) is 4.79 Å². The molecule has 2 aromatic rings. The van der Waals surface area contributed by atoms with E-state index in [4.69, 9.17) is 5.11 Å². The van der Waals surface area contributed by atoms with Gasteiger partial charge in [0.1, 0.15) is 0 Å². The Balaban J connectivity index is 0.00000102. The molecule has 0 spiro atoms. The van der Waals surface area contributed by atoms with Crippen molar-refractivity contribution in [3.8, 4) is 11.1 Å². The second-order valence-electron chi connectivity index (χ2n) is 4.28. The fourth-order valence-electron chi connectivity index (χ4n) is 1.96. The molecule has 0 saturated carbocycles. The summed E-state index contributed by atoms with van der Waals surface area (Å²) in [5, 5.41) is 9.00. The quantitative estimate of drug-likeness (QED) is 0.905. The van der Waals surface area contributed by atoms with Crippen molar-refractivity contribution in [2.45, 2.75) is 54.2 Å². The van der Waals surface area contributed by atoms with E-state index in [0.717, 1.165) is 24.1 Å². The summed E-state index contributed by atoms with van der Waals surface area (Å²) in [5.74, 6) is 0. The zero-order valence-corrected chi connectivity index (χ0v) is 14.5. The molecule has 1 N–H and O–H groups in total. The molecule has 0 unspecified atom stereocenters. The number of benzene rings is 1. The van der Waals surface area contributed by atoms with Crippen molar-refractivity contribution < 1.29 is 5.11 Å². The first kappa shape index (κ1) is 20.1. The minimum absolute atomic E-state index is 0.0230. The molecule has 0 aliphatic carbocycles. The summed E-state index contributed by atoms with van der Waals surface area (Å²) >= 11 is 0. The molecule has 1 aromatic carbocycles. The van der Waals surface area contributed by atoms with Gasteiger partial charge in [-0.1, -0.05) is 58.9 Å². The van der Waals surface area contributed by atoms with Crippen LogP contribution in [0.5, 0.6) is 0 Å². The van der Waals surface area contributed by atoms with Crippen LogP contribution in [0.1, 0.15) is 46.6 Å². The third-order valence-corrected chi connectivity index (χ3v) is 2.93. The molecule has 122 valence electrons. The lowest BCUT2D eigenvalue weighted by molar-refractivity contribution is 0.282. The molecule has 22 heavy (non-hydrogen) atoms. The first-order valence-electron chi connectivity index (χ1n) is 8.16. The second-order valence-corrected chi connectivity index (χ2v) is 4.28. The smallest absolute Gasteiger partial charge is 0.258 e. The van der Waals surface area contributed by atoms with Crippen LogP contribution in [0.15, 0.2) is 47.4 Å². The molecular formula is C19H29NO2. The Hall–Kier alpha value is -1.87. The van der Waals surface area contributed by atoms with Gasteiger partial charge in [0.2, 0.25) is 0 Å². The lowest BCUT2D eigenvalue weighted by Crippen LogP contribution is -2.20. The number of aromatic nitrogens is 1. The summed E-state index contributed by atoms with van der Waals surface area (Å²) in [6.45, 7) is 10.8. The van der Waals surface area contributed by atoms with E-state index in [0.29, 0.717) is 5.56 Å². The van der Waals surface area contributed by atoms with Crippen LogP contribution < -0.4 is 5.56 Å². The summed E-state index contributed by atoms with van der Waals surface area (Å²) in [5.41, 5.74) is 2.48. The highest BCUT2D eigenvalue weighted by Gasteiger charge is 2.05. The average Bonchev–Trinajstić information content (AvgIpc) is 2.61. The molecule has 0 radical (unpaired) electrons. The monoisotopic (exact) mass is 303 g/mol. The Bertz CT molecular complexity index is 571. The van der Waals surface area contributed by atoms with Gasteiger partial charge in [0.05, 0.1) is 6.61 Å². The van der Waals surface area contributed by atoms with Crippen LogP contribution in [0.2, 0.25) is 0 Å². The molecular weight excluding hydrogens is 274 g/mol. The third-order valence-electron chi connectivity index (χ3n) is 2.93. The fourth-order valence-corrected chi connectivity index (χ4v) is 1.96. The van der Waals surface area contributed by atoms with E-state index >= 15 is 0 Å². The van der Waals surface area contributed by atoms with E-state index in [1.165, 1.54) is 0 Å². The van der Waals surface area contributed by atoms with Crippen molar-refractivity contribution in [2.24, 2.45) is 0 Å². The number of hydrogen-bond acceptors (Lipinski definition) is 2. The summed E-state index contributed by atoms with van der Waals surface area (Å²) in [7, 11) is 0. The van der Waals surface area contributed by atoms with E-state index < -0.39 is 0 Å². The van der Waals surface area contributed by atoms with Crippen molar-refractivity contribution >= 4 is 0 Å². The first-order chi connectivity index (χ1) is 10.8. The number of nitrogens with zero attached hydrogens (tertiary/aromatic N) is 1. The van der Waals surface area contributed by atoms with Crippen LogP contribution in [0, 0.1) is 0 Å². The highest BCUT2D eigenvalue weighted by Crippen LogP contribution is 2.16. The molecule has 0 saturated heterocycles. The molecule has 0 bridgehead atoms. The van der Waals surface area contributed by atoms with E-state index in [-0.39, 0.29) is 12.2 Å². The van der Waals surface area contributed by atoms with Crippen molar-refractivity contribution in [1.82, 2.24) is 4.57 Å². The molecule has 3 heteroatoms. The summed E-state index contributed by atoms with van der Waals surface area (Å²) in [6, 6.07) is 11.2. The van der Waals surface area contributed by atoms with Gasteiger partial charge in [0, 0.05) is 18.3 Å². The van der Waals surface area contributed by atoms with Crippen LogP contribution in [0.4, 0.5) is 0 Å².